The Balaban J connectivity index is 1.84. The van der Waals surface area contributed by atoms with Crippen LogP contribution in [0.1, 0.15) is 43.5 Å². The monoisotopic (exact) mass is 367 g/mol. The van der Waals surface area contributed by atoms with Crippen LogP contribution in [0.5, 0.6) is 0 Å². The highest BCUT2D eigenvalue weighted by atomic mass is 16.2. The third-order valence-corrected chi connectivity index (χ3v) is 4.63. The van der Waals surface area contributed by atoms with Gasteiger partial charge in [0, 0.05) is 12.5 Å². The SMILES string of the molecule is CCCNC(=O)C(C)NC(=O)c1cc2ccccc2cc1NC(=O)C1CC1. The number of amides is 3. The molecule has 3 N–H and O–H groups in total. The van der Waals surface area contributed by atoms with Gasteiger partial charge in [-0.15, -0.1) is 0 Å². The molecule has 1 atom stereocenters. The Morgan fingerprint density at radius 2 is 1.78 bits per heavy atom. The Morgan fingerprint density at radius 3 is 2.41 bits per heavy atom. The standard InChI is InChI=1S/C21H25N3O3/c1-3-10-22-19(25)13(2)23-21(27)17-11-15-6-4-5-7-16(15)12-18(17)24-20(26)14-8-9-14/h4-7,11-14H,3,8-10H2,1-2H3,(H,22,25)(H,23,27)(H,24,26). The van der Waals surface area contributed by atoms with Crippen LogP contribution in [-0.4, -0.2) is 30.3 Å². The van der Waals surface area contributed by atoms with E-state index in [-0.39, 0.29) is 23.6 Å². The van der Waals surface area contributed by atoms with Crippen LogP contribution in [0.2, 0.25) is 0 Å². The molecule has 3 rings (SSSR count). The summed E-state index contributed by atoms with van der Waals surface area (Å²) in [6.07, 6.45) is 2.60. The fourth-order valence-electron chi connectivity index (χ4n) is 2.85. The minimum Gasteiger partial charge on any atom is -0.354 e. The Bertz CT molecular complexity index is 874. The van der Waals surface area contributed by atoms with Gasteiger partial charge in [0.05, 0.1) is 11.3 Å². The number of carbonyl (C=O) groups is 3. The van der Waals surface area contributed by atoms with Crippen molar-refractivity contribution in [2.45, 2.75) is 39.2 Å². The van der Waals surface area contributed by atoms with E-state index in [0.29, 0.717) is 17.8 Å². The number of nitrogens with one attached hydrogen (secondary N) is 3. The maximum Gasteiger partial charge on any atom is 0.254 e. The van der Waals surface area contributed by atoms with Gasteiger partial charge in [-0.3, -0.25) is 14.4 Å². The van der Waals surface area contributed by atoms with Gasteiger partial charge in [0.2, 0.25) is 11.8 Å². The molecular formula is C21H25N3O3. The van der Waals surface area contributed by atoms with E-state index < -0.39 is 6.04 Å². The summed E-state index contributed by atoms with van der Waals surface area (Å²) in [5.74, 6) is -0.639. The van der Waals surface area contributed by atoms with E-state index in [1.807, 2.05) is 37.3 Å². The van der Waals surface area contributed by atoms with Gasteiger partial charge in [-0.2, -0.15) is 0 Å². The van der Waals surface area contributed by atoms with Gasteiger partial charge in [-0.05, 0) is 49.1 Å². The molecule has 0 bridgehead atoms. The van der Waals surface area contributed by atoms with E-state index in [1.165, 1.54) is 0 Å². The Labute approximate surface area is 158 Å². The topological polar surface area (TPSA) is 87.3 Å². The highest BCUT2D eigenvalue weighted by molar-refractivity contribution is 6.09. The first kappa shape index (κ1) is 18.9. The molecule has 1 aliphatic rings. The maximum atomic E-state index is 12.8. The van der Waals surface area contributed by atoms with Crippen LogP contribution < -0.4 is 16.0 Å². The first-order valence-corrected chi connectivity index (χ1v) is 9.41. The van der Waals surface area contributed by atoms with Crippen molar-refractivity contribution in [1.82, 2.24) is 10.6 Å². The van der Waals surface area contributed by atoms with Crippen LogP contribution in [0.25, 0.3) is 10.8 Å². The van der Waals surface area contributed by atoms with Gasteiger partial charge in [-0.1, -0.05) is 31.2 Å². The van der Waals surface area contributed by atoms with Crippen molar-refractivity contribution in [3.05, 3.63) is 42.0 Å². The second kappa shape index (κ2) is 8.20. The van der Waals surface area contributed by atoms with Crippen molar-refractivity contribution in [1.29, 1.82) is 0 Å². The summed E-state index contributed by atoms with van der Waals surface area (Å²) in [5, 5.41) is 10.2. The first-order valence-electron chi connectivity index (χ1n) is 9.41. The lowest BCUT2D eigenvalue weighted by Gasteiger charge is -2.17. The molecule has 2 aromatic rings. The van der Waals surface area contributed by atoms with Crippen molar-refractivity contribution < 1.29 is 14.4 Å². The number of carbonyl (C=O) groups excluding carboxylic acids is 3. The van der Waals surface area contributed by atoms with E-state index in [2.05, 4.69) is 16.0 Å². The fourth-order valence-corrected chi connectivity index (χ4v) is 2.85. The van der Waals surface area contributed by atoms with Crippen molar-refractivity contribution in [3.8, 4) is 0 Å². The third-order valence-electron chi connectivity index (χ3n) is 4.63. The summed E-state index contributed by atoms with van der Waals surface area (Å²) in [7, 11) is 0. The maximum absolute atomic E-state index is 12.8. The van der Waals surface area contributed by atoms with Gasteiger partial charge in [-0.25, -0.2) is 0 Å². The largest absolute Gasteiger partial charge is 0.354 e. The van der Waals surface area contributed by atoms with Gasteiger partial charge < -0.3 is 16.0 Å². The molecule has 0 saturated heterocycles. The molecule has 0 radical (unpaired) electrons. The van der Waals surface area contributed by atoms with E-state index >= 15 is 0 Å². The average Bonchev–Trinajstić information content (AvgIpc) is 3.50. The lowest BCUT2D eigenvalue weighted by atomic mass is 10.0. The summed E-state index contributed by atoms with van der Waals surface area (Å²) in [4.78, 5) is 37.1. The summed E-state index contributed by atoms with van der Waals surface area (Å²) in [6.45, 7) is 4.18. The molecular weight excluding hydrogens is 342 g/mol. The minimum absolute atomic E-state index is 0.0335. The molecule has 0 spiro atoms. The zero-order chi connectivity index (χ0) is 19.4. The smallest absolute Gasteiger partial charge is 0.254 e. The summed E-state index contributed by atoms with van der Waals surface area (Å²) in [5.41, 5.74) is 0.835. The number of rotatable bonds is 7. The van der Waals surface area contributed by atoms with Crippen LogP contribution in [0.15, 0.2) is 36.4 Å². The molecule has 1 fully saturated rings. The average molecular weight is 367 g/mol. The highest BCUT2D eigenvalue weighted by Gasteiger charge is 2.30. The van der Waals surface area contributed by atoms with E-state index in [1.54, 1.807) is 13.0 Å². The molecule has 6 heteroatoms. The van der Waals surface area contributed by atoms with Gasteiger partial charge in [0.25, 0.3) is 5.91 Å². The van der Waals surface area contributed by atoms with Crippen molar-refractivity contribution >= 4 is 34.2 Å². The zero-order valence-corrected chi connectivity index (χ0v) is 15.7. The fraction of sp³-hybridized carbons (Fsp3) is 0.381. The Kier molecular flexibility index (Phi) is 5.74. The Morgan fingerprint density at radius 1 is 1.11 bits per heavy atom. The molecule has 0 aromatic heterocycles. The number of anilines is 1. The quantitative estimate of drug-likeness (QED) is 0.703. The van der Waals surface area contributed by atoms with Gasteiger partial charge in [0.15, 0.2) is 0 Å². The van der Waals surface area contributed by atoms with E-state index in [4.69, 9.17) is 0 Å². The molecule has 2 aromatic carbocycles. The van der Waals surface area contributed by atoms with Crippen LogP contribution in [0, 0.1) is 5.92 Å². The molecule has 6 nitrogen and oxygen atoms in total. The van der Waals surface area contributed by atoms with Crippen molar-refractivity contribution in [2.75, 3.05) is 11.9 Å². The molecule has 27 heavy (non-hydrogen) atoms. The number of hydrogen-bond donors (Lipinski definition) is 3. The van der Waals surface area contributed by atoms with Gasteiger partial charge >= 0.3 is 0 Å². The lowest BCUT2D eigenvalue weighted by molar-refractivity contribution is -0.122. The van der Waals surface area contributed by atoms with Crippen molar-refractivity contribution in [3.63, 3.8) is 0 Å². The van der Waals surface area contributed by atoms with Crippen LogP contribution in [-0.2, 0) is 9.59 Å². The zero-order valence-electron chi connectivity index (χ0n) is 15.7. The lowest BCUT2D eigenvalue weighted by Crippen LogP contribution is -2.45. The molecule has 142 valence electrons. The summed E-state index contributed by atoms with van der Waals surface area (Å²) in [6, 6.07) is 10.6. The normalized spacial score (nSPS) is 14.4. The number of hydrogen-bond acceptors (Lipinski definition) is 3. The molecule has 1 unspecified atom stereocenters. The molecule has 1 aliphatic carbocycles. The summed E-state index contributed by atoms with van der Waals surface area (Å²) < 4.78 is 0. The molecule has 1 saturated carbocycles. The van der Waals surface area contributed by atoms with Crippen molar-refractivity contribution in [2.24, 2.45) is 5.92 Å². The van der Waals surface area contributed by atoms with Crippen LogP contribution >= 0.6 is 0 Å². The second-order valence-electron chi connectivity index (χ2n) is 6.99. The predicted molar refractivity (Wildman–Crippen MR) is 106 cm³/mol. The van der Waals surface area contributed by atoms with Gasteiger partial charge in [0.1, 0.15) is 6.04 Å². The molecule has 3 amide bonds. The number of benzene rings is 2. The predicted octanol–water partition coefficient (Wildman–Crippen LogP) is 2.83. The first-order chi connectivity index (χ1) is 13.0. The van der Waals surface area contributed by atoms with Crippen LogP contribution in [0.4, 0.5) is 5.69 Å². The van der Waals surface area contributed by atoms with E-state index in [9.17, 15) is 14.4 Å². The van der Waals surface area contributed by atoms with E-state index in [0.717, 1.165) is 30.0 Å². The third kappa shape index (κ3) is 4.64. The minimum atomic E-state index is -0.664. The highest BCUT2D eigenvalue weighted by Crippen LogP contribution is 2.32. The molecule has 0 heterocycles. The summed E-state index contributed by atoms with van der Waals surface area (Å²) >= 11 is 0. The van der Waals surface area contributed by atoms with Crippen LogP contribution in [0.3, 0.4) is 0 Å². The Hall–Kier alpha value is -2.89. The molecule has 0 aliphatic heterocycles. The number of fused-ring (bicyclic) bond motifs is 1. The second-order valence-corrected chi connectivity index (χ2v) is 6.99.